The second-order valence-corrected chi connectivity index (χ2v) is 3.14. The Morgan fingerprint density at radius 2 is 2.00 bits per heavy atom. The standard InChI is InChI=1S/C7H14N2O/c1-5-9(8)6(10)7(2,3)4/h5H,1,8H2,2-4H3. The van der Waals surface area contributed by atoms with Crippen LogP contribution in [0.15, 0.2) is 12.8 Å². The summed E-state index contributed by atoms with van der Waals surface area (Å²) in [4.78, 5) is 11.1. The topological polar surface area (TPSA) is 46.3 Å². The summed E-state index contributed by atoms with van der Waals surface area (Å²) < 4.78 is 0. The van der Waals surface area contributed by atoms with Crippen molar-refractivity contribution in [3.63, 3.8) is 0 Å². The first kappa shape index (κ1) is 9.17. The van der Waals surface area contributed by atoms with Crippen LogP contribution in [-0.4, -0.2) is 10.9 Å². The van der Waals surface area contributed by atoms with Crippen LogP contribution in [-0.2, 0) is 4.79 Å². The van der Waals surface area contributed by atoms with E-state index in [4.69, 9.17) is 5.84 Å². The molecule has 0 unspecified atom stereocenters. The Bertz CT molecular complexity index is 146. The maximum absolute atomic E-state index is 11.1. The normalized spacial score (nSPS) is 10.8. The number of nitrogens with zero attached hydrogens (tertiary/aromatic N) is 1. The Morgan fingerprint density at radius 3 is 2.10 bits per heavy atom. The lowest BCUT2D eigenvalue weighted by Crippen LogP contribution is -2.40. The van der Waals surface area contributed by atoms with E-state index in [1.54, 1.807) is 20.8 Å². The molecule has 0 radical (unpaired) electrons. The molecule has 2 N–H and O–H groups in total. The predicted molar refractivity (Wildman–Crippen MR) is 40.7 cm³/mol. The summed E-state index contributed by atoms with van der Waals surface area (Å²) in [6.45, 7) is 8.79. The molecule has 0 heterocycles. The van der Waals surface area contributed by atoms with Crippen LogP contribution < -0.4 is 5.84 Å². The number of hydrogen-bond acceptors (Lipinski definition) is 2. The third-order valence-corrected chi connectivity index (χ3v) is 1.07. The number of amides is 1. The summed E-state index contributed by atoms with van der Waals surface area (Å²) in [6, 6.07) is 0. The zero-order valence-electron chi connectivity index (χ0n) is 6.72. The second-order valence-electron chi connectivity index (χ2n) is 3.14. The van der Waals surface area contributed by atoms with Crippen LogP contribution in [0.4, 0.5) is 0 Å². The highest BCUT2D eigenvalue weighted by Crippen LogP contribution is 2.15. The predicted octanol–water partition coefficient (Wildman–Crippen LogP) is 0.878. The Morgan fingerprint density at radius 1 is 1.60 bits per heavy atom. The van der Waals surface area contributed by atoms with E-state index >= 15 is 0 Å². The Labute approximate surface area is 61.5 Å². The maximum atomic E-state index is 11.1. The lowest BCUT2D eigenvalue weighted by Gasteiger charge is -2.21. The van der Waals surface area contributed by atoms with Crippen LogP contribution >= 0.6 is 0 Å². The molecule has 0 fully saturated rings. The number of nitrogens with two attached hydrogens (primary N) is 1. The molecule has 0 bridgehead atoms. The molecule has 0 saturated heterocycles. The molecular formula is C7H14N2O. The molecule has 1 amide bonds. The van der Waals surface area contributed by atoms with Gasteiger partial charge >= 0.3 is 0 Å². The summed E-state index contributed by atoms with van der Waals surface area (Å²) in [5.74, 6) is 5.13. The van der Waals surface area contributed by atoms with Crippen LogP contribution in [0, 0.1) is 5.41 Å². The van der Waals surface area contributed by atoms with E-state index in [0.717, 1.165) is 5.01 Å². The maximum Gasteiger partial charge on any atom is 0.245 e. The van der Waals surface area contributed by atoms with E-state index in [1.807, 2.05) is 0 Å². The average Bonchev–Trinajstić information content (AvgIpc) is 1.83. The van der Waals surface area contributed by atoms with Crippen LogP contribution in [0.5, 0.6) is 0 Å². The van der Waals surface area contributed by atoms with Crippen molar-refractivity contribution in [3.05, 3.63) is 12.8 Å². The minimum atomic E-state index is -0.428. The molecule has 0 aromatic heterocycles. The number of carbonyl (C=O) groups is 1. The number of carbonyl (C=O) groups excluding carboxylic acids is 1. The SMILES string of the molecule is C=CN(N)C(=O)C(C)(C)C. The van der Waals surface area contributed by atoms with Gasteiger partial charge in [-0.3, -0.25) is 9.80 Å². The van der Waals surface area contributed by atoms with Gasteiger partial charge in [0, 0.05) is 11.6 Å². The van der Waals surface area contributed by atoms with Crippen LogP contribution in [0.25, 0.3) is 0 Å². The molecule has 0 rings (SSSR count). The molecule has 3 nitrogen and oxygen atoms in total. The fourth-order valence-electron chi connectivity index (χ4n) is 0.470. The number of hydrogen-bond donors (Lipinski definition) is 1. The quantitative estimate of drug-likeness (QED) is 0.335. The highest BCUT2D eigenvalue weighted by Gasteiger charge is 2.23. The first-order valence-electron chi connectivity index (χ1n) is 3.10. The second kappa shape index (κ2) is 2.84. The third-order valence-electron chi connectivity index (χ3n) is 1.07. The van der Waals surface area contributed by atoms with E-state index in [-0.39, 0.29) is 5.91 Å². The van der Waals surface area contributed by atoms with E-state index < -0.39 is 5.41 Å². The summed E-state index contributed by atoms with van der Waals surface area (Å²) >= 11 is 0. The van der Waals surface area contributed by atoms with Gasteiger partial charge in [-0.1, -0.05) is 27.4 Å². The van der Waals surface area contributed by atoms with Crippen molar-refractivity contribution >= 4 is 5.91 Å². The zero-order chi connectivity index (χ0) is 8.36. The molecule has 0 aliphatic carbocycles. The van der Waals surface area contributed by atoms with Crippen molar-refractivity contribution in [3.8, 4) is 0 Å². The highest BCUT2D eigenvalue weighted by atomic mass is 16.2. The lowest BCUT2D eigenvalue weighted by molar-refractivity contribution is -0.136. The minimum absolute atomic E-state index is 0.137. The minimum Gasteiger partial charge on any atom is -0.272 e. The smallest absolute Gasteiger partial charge is 0.245 e. The van der Waals surface area contributed by atoms with Crippen molar-refractivity contribution in [2.75, 3.05) is 0 Å². The third kappa shape index (κ3) is 2.19. The highest BCUT2D eigenvalue weighted by molar-refractivity contribution is 5.81. The van der Waals surface area contributed by atoms with Gasteiger partial charge in [0.25, 0.3) is 0 Å². The van der Waals surface area contributed by atoms with Gasteiger partial charge in [0.15, 0.2) is 0 Å². The molecule has 0 aliphatic heterocycles. The molecule has 0 aromatic carbocycles. The van der Waals surface area contributed by atoms with Gasteiger partial charge in [0.1, 0.15) is 0 Å². The van der Waals surface area contributed by atoms with Crippen LogP contribution in [0.1, 0.15) is 20.8 Å². The first-order valence-corrected chi connectivity index (χ1v) is 3.10. The van der Waals surface area contributed by atoms with E-state index in [0.29, 0.717) is 0 Å². The van der Waals surface area contributed by atoms with E-state index in [9.17, 15) is 4.79 Å². The van der Waals surface area contributed by atoms with Crippen LogP contribution in [0.3, 0.4) is 0 Å². The Hall–Kier alpha value is -0.830. The zero-order valence-corrected chi connectivity index (χ0v) is 6.72. The van der Waals surface area contributed by atoms with Crippen molar-refractivity contribution in [2.24, 2.45) is 11.3 Å². The Balaban J connectivity index is 4.22. The lowest BCUT2D eigenvalue weighted by atomic mass is 9.95. The fraction of sp³-hybridized carbons (Fsp3) is 0.571. The summed E-state index contributed by atoms with van der Waals surface area (Å²) in [7, 11) is 0. The molecule has 0 aromatic rings. The summed E-state index contributed by atoms with van der Waals surface area (Å²) in [6.07, 6.45) is 1.30. The van der Waals surface area contributed by atoms with Gasteiger partial charge in [-0.25, -0.2) is 5.84 Å². The van der Waals surface area contributed by atoms with Crippen molar-refractivity contribution in [2.45, 2.75) is 20.8 Å². The van der Waals surface area contributed by atoms with Gasteiger partial charge in [-0.05, 0) is 0 Å². The molecule has 0 spiro atoms. The van der Waals surface area contributed by atoms with Gasteiger partial charge < -0.3 is 0 Å². The molecule has 0 aliphatic rings. The van der Waals surface area contributed by atoms with Gasteiger partial charge in [0.2, 0.25) is 5.91 Å². The molecule has 10 heavy (non-hydrogen) atoms. The summed E-state index contributed by atoms with van der Waals surface area (Å²) in [5, 5.41) is 1.000. The van der Waals surface area contributed by atoms with Crippen molar-refractivity contribution in [1.29, 1.82) is 0 Å². The van der Waals surface area contributed by atoms with Gasteiger partial charge in [-0.2, -0.15) is 0 Å². The largest absolute Gasteiger partial charge is 0.272 e. The summed E-state index contributed by atoms with van der Waals surface area (Å²) in [5.41, 5.74) is -0.428. The molecule has 0 saturated carbocycles. The average molecular weight is 142 g/mol. The van der Waals surface area contributed by atoms with Crippen LogP contribution in [0.2, 0.25) is 0 Å². The molecule has 58 valence electrons. The number of hydrazine groups is 1. The van der Waals surface area contributed by atoms with E-state index in [1.165, 1.54) is 6.20 Å². The fourth-order valence-corrected chi connectivity index (χ4v) is 0.470. The van der Waals surface area contributed by atoms with Crippen molar-refractivity contribution < 1.29 is 4.79 Å². The Kier molecular flexibility index (Phi) is 2.60. The molecule has 3 heteroatoms. The first-order chi connectivity index (χ1) is 4.39. The molecular weight excluding hydrogens is 128 g/mol. The number of rotatable bonds is 1. The monoisotopic (exact) mass is 142 g/mol. The van der Waals surface area contributed by atoms with Crippen molar-refractivity contribution in [1.82, 2.24) is 5.01 Å². The van der Waals surface area contributed by atoms with Gasteiger partial charge in [-0.15, -0.1) is 0 Å². The van der Waals surface area contributed by atoms with Gasteiger partial charge in [0.05, 0.1) is 0 Å². The molecule has 0 atom stereocenters. The van der Waals surface area contributed by atoms with E-state index in [2.05, 4.69) is 6.58 Å².